The Bertz CT molecular complexity index is 1670. The molecule has 0 saturated carbocycles. The maximum Gasteiger partial charge on any atom is 0.410 e. The number of hydrogen-bond acceptors (Lipinski definition) is 8. The molecule has 1 saturated heterocycles. The Morgan fingerprint density at radius 2 is 1.56 bits per heavy atom. The summed E-state index contributed by atoms with van der Waals surface area (Å²) in [5, 5.41) is 5.04. The number of nitrogens with zero attached hydrogens (tertiary/aromatic N) is 7. The van der Waals surface area contributed by atoms with E-state index in [0.29, 0.717) is 38.3 Å². The average molecular weight is 675 g/mol. The van der Waals surface area contributed by atoms with E-state index in [1.165, 1.54) is 26.7 Å². The standard InChI is InChI=1S/C27H36N4O4S.C7H6N4O/c1-19-17-20(24(32)31-11-6-5-7-23-22(31)10-16-36-23)8-9-21(19)18-28-25(33)29-12-14-30(15-13-29)26(34)35-27(2,3)4;12-7(10-3-1-8-5-10)11-4-2-9-6-11/h8-10,16-17H,5-7,11-15,18H2,1-4H3,(H,28,33);1-6H. The van der Waals surface area contributed by atoms with E-state index in [4.69, 9.17) is 4.74 Å². The van der Waals surface area contributed by atoms with Crippen molar-refractivity contribution in [2.45, 2.75) is 59.1 Å². The molecule has 2 aliphatic heterocycles. The zero-order chi connectivity index (χ0) is 34.3. The van der Waals surface area contributed by atoms with E-state index in [0.717, 1.165) is 42.6 Å². The van der Waals surface area contributed by atoms with Crippen LogP contribution in [0.15, 0.2) is 67.1 Å². The lowest BCUT2D eigenvalue weighted by atomic mass is 10.0. The highest BCUT2D eigenvalue weighted by atomic mass is 32.1. The number of hydrogen-bond donors (Lipinski definition) is 1. The SMILES string of the molecule is Cc1cc(C(=O)N2CCCCc3sccc32)ccc1CNC(=O)N1CCN(C(=O)OC(C)(C)C)CC1.O=C(n1ccnc1)n1ccnc1. The van der Waals surface area contributed by atoms with Crippen LogP contribution < -0.4 is 10.2 Å². The summed E-state index contributed by atoms with van der Waals surface area (Å²) in [6.45, 7) is 10.4. The molecule has 2 aliphatic rings. The number of nitrogens with one attached hydrogen (secondary N) is 1. The molecule has 1 N–H and O–H groups in total. The third-order valence-corrected chi connectivity index (χ3v) is 8.95. The van der Waals surface area contributed by atoms with Gasteiger partial charge in [0.05, 0.1) is 5.69 Å². The van der Waals surface area contributed by atoms with Gasteiger partial charge in [-0.15, -0.1) is 11.3 Å². The lowest BCUT2D eigenvalue weighted by Crippen LogP contribution is -2.53. The van der Waals surface area contributed by atoms with E-state index in [1.807, 2.05) is 56.9 Å². The fraction of sp³-hybridized carbons (Fsp3) is 0.412. The van der Waals surface area contributed by atoms with Gasteiger partial charge in [0.2, 0.25) is 0 Å². The van der Waals surface area contributed by atoms with Gasteiger partial charge in [-0.25, -0.2) is 24.4 Å². The largest absolute Gasteiger partial charge is 0.444 e. The molecule has 5 heterocycles. The number of fused-ring (bicyclic) bond motifs is 1. The monoisotopic (exact) mass is 674 g/mol. The molecule has 4 aromatic rings. The third kappa shape index (κ3) is 8.68. The zero-order valence-corrected chi connectivity index (χ0v) is 28.6. The summed E-state index contributed by atoms with van der Waals surface area (Å²) in [5.74, 6) is 0.0260. The Balaban J connectivity index is 0.000000313. The maximum atomic E-state index is 13.3. The molecule has 0 aliphatic carbocycles. The molecule has 1 fully saturated rings. The van der Waals surface area contributed by atoms with Gasteiger partial charge in [0.15, 0.2) is 0 Å². The minimum Gasteiger partial charge on any atom is -0.444 e. The number of carbonyl (C=O) groups excluding carboxylic acids is 4. The van der Waals surface area contributed by atoms with Crippen molar-refractivity contribution in [1.29, 1.82) is 0 Å². The van der Waals surface area contributed by atoms with Crippen LogP contribution in [-0.2, 0) is 17.7 Å². The number of amides is 4. The molecular weight excluding hydrogens is 632 g/mol. The molecule has 14 heteroatoms. The molecular formula is C34H42N8O5S. The van der Waals surface area contributed by atoms with E-state index in [9.17, 15) is 19.2 Å². The molecule has 0 spiro atoms. The van der Waals surface area contributed by atoms with Crippen molar-refractivity contribution in [2.75, 3.05) is 37.6 Å². The minimum absolute atomic E-state index is 0.0260. The summed E-state index contributed by atoms with van der Waals surface area (Å²) in [4.78, 5) is 63.7. The Hall–Kier alpha value is -4.98. The quantitative estimate of drug-likeness (QED) is 0.308. The molecule has 1 aromatic carbocycles. The van der Waals surface area contributed by atoms with Crippen LogP contribution in [-0.4, -0.2) is 91.3 Å². The van der Waals surface area contributed by atoms with Crippen LogP contribution in [0.4, 0.5) is 20.1 Å². The first-order valence-electron chi connectivity index (χ1n) is 16.0. The van der Waals surface area contributed by atoms with Gasteiger partial charge < -0.3 is 24.8 Å². The second-order valence-electron chi connectivity index (χ2n) is 12.6. The molecule has 0 bridgehead atoms. The summed E-state index contributed by atoms with van der Waals surface area (Å²) in [5.41, 5.74) is 3.11. The van der Waals surface area contributed by atoms with Gasteiger partial charge in [-0.2, -0.15) is 0 Å². The predicted octanol–water partition coefficient (Wildman–Crippen LogP) is 5.40. The summed E-state index contributed by atoms with van der Waals surface area (Å²) in [7, 11) is 0. The van der Waals surface area contributed by atoms with Crippen LogP contribution in [0.3, 0.4) is 0 Å². The van der Waals surface area contributed by atoms with Gasteiger partial charge >= 0.3 is 18.2 Å². The van der Waals surface area contributed by atoms with Crippen molar-refractivity contribution in [3.05, 3.63) is 88.7 Å². The molecule has 254 valence electrons. The van der Waals surface area contributed by atoms with Crippen LogP contribution in [0.2, 0.25) is 0 Å². The fourth-order valence-corrected chi connectivity index (χ4v) is 6.33. The number of urea groups is 1. The van der Waals surface area contributed by atoms with Gasteiger partial charge in [0.1, 0.15) is 18.3 Å². The molecule has 13 nitrogen and oxygen atoms in total. The lowest BCUT2D eigenvalue weighted by Gasteiger charge is -2.35. The normalized spacial score (nSPS) is 14.7. The molecule has 0 atom stereocenters. The summed E-state index contributed by atoms with van der Waals surface area (Å²) in [6, 6.07) is 7.40. The molecule has 0 unspecified atom stereocenters. The predicted molar refractivity (Wildman–Crippen MR) is 182 cm³/mol. The summed E-state index contributed by atoms with van der Waals surface area (Å²) < 4.78 is 8.17. The topological polar surface area (TPSA) is 135 Å². The van der Waals surface area contributed by atoms with E-state index < -0.39 is 5.60 Å². The molecule has 3 aromatic heterocycles. The smallest absolute Gasteiger partial charge is 0.410 e. The number of aryl methyl sites for hydroxylation is 2. The number of carbonyl (C=O) groups is 4. The zero-order valence-electron chi connectivity index (χ0n) is 27.8. The second-order valence-corrected chi connectivity index (χ2v) is 13.6. The van der Waals surface area contributed by atoms with Gasteiger partial charge in [-0.3, -0.25) is 13.9 Å². The van der Waals surface area contributed by atoms with Crippen molar-refractivity contribution in [3.63, 3.8) is 0 Å². The minimum atomic E-state index is -0.538. The van der Waals surface area contributed by atoms with Crippen molar-refractivity contribution >= 4 is 41.1 Å². The van der Waals surface area contributed by atoms with Crippen LogP contribution in [0.1, 0.15) is 60.0 Å². The Morgan fingerprint density at radius 3 is 2.17 bits per heavy atom. The van der Waals surface area contributed by atoms with E-state index in [-0.39, 0.29) is 24.1 Å². The average Bonchev–Trinajstić information content (AvgIpc) is 3.86. The highest BCUT2D eigenvalue weighted by Gasteiger charge is 2.28. The van der Waals surface area contributed by atoms with Crippen LogP contribution in [0.5, 0.6) is 0 Å². The Labute approximate surface area is 284 Å². The van der Waals surface area contributed by atoms with Gasteiger partial charge in [0.25, 0.3) is 5.91 Å². The number of imidazole rings is 2. The van der Waals surface area contributed by atoms with Gasteiger partial charge in [-0.05, 0) is 81.7 Å². The number of ether oxygens (including phenoxy) is 1. The number of benzene rings is 1. The first kappa shape index (κ1) is 34.4. The van der Waals surface area contributed by atoms with Gasteiger partial charge in [-0.1, -0.05) is 6.07 Å². The Kier molecular flexibility index (Phi) is 10.9. The van der Waals surface area contributed by atoms with Crippen LogP contribution in [0, 0.1) is 6.92 Å². The summed E-state index contributed by atoms with van der Waals surface area (Å²) in [6.07, 6.45) is 12.0. The molecule has 0 radical (unpaired) electrons. The molecule has 4 amide bonds. The number of rotatable bonds is 3. The first-order chi connectivity index (χ1) is 23.0. The maximum absolute atomic E-state index is 13.3. The fourth-order valence-electron chi connectivity index (χ4n) is 5.41. The van der Waals surface area contributed by atoms with E-state index in [2.05, 4.69) is 20.7 Å². The third-order valence-electron chi connectivity index (χ3n) is 7.98. The first-order valence-corrected chi connectivity index (χ1v) is 16.9. The molecule has 48 heavy (non-hydrogen) atoms. The van der Waals surface area contributed by atoms with Crippen molar-refractivity contribution in [1.82, 2.24) is 34.2 Å². The van der Waals surface area contributed by atoms with Crippen molar-refractivity contribution in [3.8, 4) is 0 Å². The number of aromatic nitrogens is 4. The number of piperazine rings is 1. The van der Waals surface area contributed by atoms with E-state index in [1.54, 1.807) is 45.9 Å². The van der Waals surface area contributed by atoms with Crippen LogP contribution >= 0.6 is 11.3 Å². The lowest BCUT2D eigenvalue weighted by molar-refractivity contribution is 0.0170. The second kappa shape index (κ2) is 15.3. The van der Waals surface area contributed by atoms with E-state index >= 15 is 0 Å². The highest BCUT2D eigenvalue weighted by Crippen LogP contribution is 2.32. The summed E-state index contributed by atoms with van der Waals surface area (Å²) >= 11 is 1.72. The number of anilines is 1. The highest BCUT2D eigenvalue weighted by molar-refractivity contribution is 7.10. The van der Waals surface area contributed by atoms with Crippen LogP contribution in [0.25, 0.3) is 0 Å². The Morgan fingerprint density at radius 1 is 0.896 bits per heavy atom. The number of thiophene rings is 1. The van der Waals surface area contributed by atoms with Crippen molar-refractivity contribution in [2.24, 2.45) is 0 Å². The molecule has 6 rings (SSSR count). The van der Waals surface area contributed by atoms with Gasteiger partial charge in [0, 0.05) is 74.5 Å². The van der Waals surface area contributed by atoms with Crippen molar-refractivity contribution < 1.29 is 23.9 Å².